The van der Waals surface area contributed by atoms with E-state index in [9.17, 15) is 9.59 Å². The number of amides is 2. The van der Waals surface area contributed by atoms with Gasteiger partial charge in [0.1, 0.15) is 6.54 Å². The summed E-state index contributed by atoms with van der Waals surface area (Å²) < 4.78 is 6.18. The largest absolute Gasteiger partial charge is 0.453 e. The van der Waals surface area contributed by atoms with Gasteiger partial charge in [0.25, 0.3) is 0 Å². The van der Waals surface area contributed by atoms with Crippen LogP contribution in [0.15, 0.2) is 42.7 Å². The van der Waals surface area contributed by atoms with Crippen molar-refractivity contribution < 1.29 is 14.3 Å². The Labute approximate surface area is 128 Å². The van der Waals surface area contributed by atoms with E-state index in [0.717, 1.165) is 11.3 Å². The molecule has 2 rings (SSSR count). The molecule has 0 unspecified atom stereocenters. The Bertz CT molecular complexity index is 623. The molecule has 1 N–H and O–H groups in total. The minimum atomic E-state index is -0.620. The SMILES string of the molecule is COC(=O)NCC(=O)N(C)Cc1ccc(-n2cccn2)cc1. The van der Waals surface area contributed by atoms with Crippen LogP contribution in [0.1, 0.15) is 5.56 Å². The molecule has 22 heavy (non-hydrogen) atoms. The van der Waals surface area contributed by atoms with Gasteiger partial charge in [-0.05, 0) is 23.8 Å². The summed E-state index contributed by atoms with van der Waals surface area (Å²) in [6.07, 6.45) is 2.96. The summed E-state index contributed by atoms with van der Waals surface area (Å²) in [6, 6.07) is 9.61. The summed E-state index contributed by atoms with van der Waals surface area (Å²) in [5.41, 5.74) is 1.94. The number of alkyl carbamates (subject to hydrolysis) is 1. The molecule has 0 aliphatic rings. The minimum absolute atomic E-state index is 0.0887. The zero-order valence-corrected chi connectivity index (χ0v) is 12.5. The smallest absolute Gasteiger partial charge is 0.407 e. The fourth-order valence-corrected chi connectivity index (χ4v) is 1.89. The van der Waals surface area contributed by atoms with Crippen LogP contribution >= 0.6 is 0 Å². The molecule has 0 saturated heterocycles. The number of hydrogen-bond acceptors (Lipinski definition) is 4. The highest BCUT2D eigenvalue weighted by molar-refractivity contribution is 5.81. The molecule has 1 aromatic heterocycles. The predicted molar refractivity (Wildman–Crippen MR) is 80.4 cm³/mol. The topological polar surface area (TPSA) is 76.5 Å². The van der Waals surface area contributed by atoms with E-state index in [0.29, 0.717) is 6.54 Å². The van der Waals surface area contributed by atoms with Crippen LogP contribution in [-0.2, 0) is 16.1 Å². The molecule has 0 saturated carbocycles. The Morgan fingerprint density at radius 2 is 2.05 bits per heavy atom. The Morgan fingerprint density at radius 3 is 2.64 bits per heavy atom. The molecular formula is C15H18N4O3. The van der Waals surface area contributed by atoms with E-state index in [1.54, 1.807) is 22.8 Å². The molecule has 7 heteroatoms. The zero-order chi connectivity index (χ0) is 15.9. The molecular weight excluding hydrogens is 284 g/mol. The molecule has 0 spiro atoms. The van der Waals surface area contributed by atoms with Crippen molar-refractivity contribution in [3.8, 4) is 5.69 Å². The lowest BCUT2D eigenvalue weighted by Crippen LogP contribution is -2.37. The zero-order valence-electron chi connectivity index (χ0n) is 12.5. The van der Waals surface area contributed by atoms with Gasteiger partial charge in [0.2, 0.25) is 5.91 Å². The maximum absolute atomic E-state index is 11.9. The molecule has 2 amide bonds. The monoisotopic (exact) mass is 302 g/mol. The number of ether oxygens (including phenoxy) is 1. The third-order valence-electron chi connectivity index (χ3n) is 3.12. The molecule has 0 aliphatic carbocycles. The third-order valence-corrected chi connectivity index (χ3v) is 3.12. The maximum atomic E-state index is 11.9. The lowest BCUT2D eigenvalue weighted by atomic mass is 10.2. The lowest BCUT2D eigenvalue weighted by molar-refractivity contribution is -0.129. The first-order chi connectivity index (χ1) is 10.6. The number of carbonyl (C=O) groups excluding carboxylic acids is 2. The van der Waals surface area contributed by atoms with Crippen molar-refractivity contribution in [1.82, 2.24) is 20.0 Å². The molecule has 2 aromatic rings. The Kier molecular flexibility index (Phi) is 5.13. The van der Waals surface area contributed by atoms with E-state index in [4.69, 9.17) is 0 Å². The van der Waals surface area contributed by atoms with Crippen molar-refractivity contribution in [2.24, 2.45) is 0 Å². The van der Waals surface area contributed by atoms with Crippen molar-refractivity contribution >= 4 is 12.0 Å². The number of nitrogens with zero attached hydrogens (tertiary/aromatic N) is 3. The maximum Gasteiger partial charge on any atom is 0.407 e. The van der Waals surface area contributed by atoms with Gasteiger partial charge >= 0.3 is 6.09 Å². The van der Waals surface area contributed by atoms with E-state index in [-0.39, 0.29) is 12.5 Å². The number of likely N-dealkylation sites (N-methyl/N-ethyl adjacent to an activating group) is 1. The highest BCUT2D eigenvalue weighted by Gasteiger charge is 2.11. The number of rotatable bonds is 5. The fraction of sp³-hybridized carbons (Fsp3) is 0.267. The van der Waals surface area contributed by atoms with Gasteiger partial charge in [-0.25, -0.2) is 9.48 Å². The van der Waals surface area contributed by atoms with Crippen LogP contribution in [-0.4, -0.2) is 47.4 Å². The molecule has 116 valence electrons. The summed E-state index contributed by atoms with van der Waals surface area (Å²) in [5, 5.41) is 6.52. The second kappa shape index (κ2) is 7.26. The molecule has 1 aromatic carbocycles. The number of aromatic nitrogens is 2. The van der Waals surface area contributed by atoms with Crippen LogP contribution in [0.3, 0.4) is 0 Å². The third kappa shape index (κ3) is 4.08. The normalized spacial score (nSPS) is 10.1. The number of methoxy groups -OCH3 is 1. The van der Waals surface area contributed by atoms with Crippen LogP contribution in [0.2, 0.25) is 0 Å². The standard InChI is InChI=1S/C15H18N4O3/c1-18(14(20)10-16-15(21)22-2)11-12-4-6-13(7-5-12)19-9-3-8-17-19/h3-9H,10-11H2,1-2H3,(H,16,21). The first-order valence-corrected chi connectivity index (χ1v) is 6.75. The van der Waals surface area contributed by atoms with Crippen molar-refractivity contribution in [2.75, 3.05) is 20.7 Å². The average molecular weight is 302 g/mol. The molecule has 7 nitrogen and oxygen atoms in total. The Hall–Kier alpha value is -2.83. The van der Waals surface area contributed by atoms with Crippen molar-refractivity contribution in [3.63, 3.8) is 0 Å². The van der Waals surface area contributed by atoms with E-state index < -0.39 is 6.09 Å². The van der Waals surface area contributed by atoms with Crippen LogP contribution < -0.4 is 5.32 Å². The van der Waals surface area contributed by atoms with Gasteiger partial charge in [-0.1, -0.05) is 12.1 Å². The second-order valence-electron chi connectivity index (χ2n) is 4.71. The highest BCUT2D eigenvalue weighted by atomic mass is 16.5. The summed E-state index contributed by atoms with van der Waals surface area (Å²) in [5.74, 6) is -0.193. The molecule has 0 radical (unpaired) electrons. The molecule has 0 bridgehead atoms. The van der Waals surface area contributed by atoms with E-state index in [2.05, 4.69) is 15.2 Å². The fourth-order valence-electron chi connectivity index (χ4n) is 1.89. The quantitative estimate of drug-likeness (QED) is 0.900. The Morgan fingerprint density at radius 1 is 1.32 bits per heavy atom. The number of carbonyl (C=O) groups is 2. The first-order valence-electron chi connectivity index (χ1n) is 6.75. The van der Waals surface area contributed by atoms with Gasteiger partial charge in [0, 0.05) is 26.0 Å². The highest BCUT2D eigenvalue weighted by Crippen LogP contribution is 2.10. The van der Waals surface area contributed by atoms with Crippen LogP contribution in [0, 0.1) is 0 Å². The summed E-state index contributed by atoms with van der Waals surface area (Å²) in [4.78, 5) is 24.3. The number of benzene rings is 1. The number of nitrogens with one attached hydrogen (secondary N) is 1. The van der Waals surface area contributed by atoms with Crippen molar-refractivity contribution in [1.29, 1.82) is 0 Å². The van der Waals surface area contributed by atoms with E-state index in [1.165, 1.54) is 7.11 Å². The van der Waals surface area contributed by atoms with Crippen LogP contribution in [0.5, 0.6) is 0 Å². The van der Waals surface area contributed by atoms with Gasteiger partial charge in [-0.3, -0.25) is 4.79 Å². The average Bonchev–Trinajstić information content (AvgIpc) is 3.07. The molecule has 1 heterocycles. The molecule has 0 aliphatic heterocycles. The second-order valence-corrected chi connectivity index (χ2v) is 4.71. The van der Waals surface area contributed by atoms with Crippen molar-refractivity contribution in [2.45, 2.75) is 6.54 Å². The van der Waals surface area contributed by atoms with E-state index >= 15 is 0 Å². The van der Waals surface area contributed by atoms with Gasteiger partial charge < -0.3 is 15.0 Å². The van der Waals surface area contributed by atoms with Crippen LogP contribution in [0.4, 0.5) is 4.79 Å². The van der Waals surface area contributed by atoms with Gasteiger partial charge in [0.15, 0.2) is 0 Å². The van der Waals surface area contributed by atoms with Gasteiger partial charge in [-0.15, -0.1) is 0 Å². The van der Waals surface area contributed by atoms with Gasteiger partial charge in [0.05, 0.1) is 12.8 Å². The Balaban J connectivity index is 1.90. The summed E-state index contributed by atoms with van der Waals surface area (Å²) >= 11 is 0. The lowest BCUT2D eigenvalue weighted by Gasteiger charge is -2.17. The first kappa shape index (κ1) is 15.6. The van der Waals surface area contributed by atoms with Crippen molar-refractivity contribution in [3.05, 3.63) is 48.3 Å². The summed E-state index contributed by atoms with van der Waals surface area (Å²) in [7, 11) is 2.94. The predicted octanol–water partition coefficient (Wildman–Crippen LogP) is 1.19. The number of hydrogen-bond donors (Lipinski definition) is 1. The molecule has 0 fully saturated rings. The van der Waals surface area contributed by atoms with Gasteiger partial charge in [-0.2, -0.15) is 5.10 Å². The van der Waals surface area contributed by atoms with Crippen LogP contribution in [0.25, 0.3) is 5.69 Å². The van der Waals surface area contributed by atoms with E-state index in [1.807, 2.05) is 36.5 Å². The summed E-state index contributed by atoms with van der Waals surface area (Å²) in [6.45, 7) is 0.371. The minimum Gasteiger partial charge on any atom is -0.453 e. The molecule has 0 atom stereocenters.